The lowest BCUT2D eigenvalue weighted by molar-refractivity contribution is 0.711. The second-order valence-corrected chi connectivity index (χ2v) is 5.49. The van der Waals surface area contributed by atoms with E-state index in [-0.39, 0.29) is 0 Å². The van der Waals surface area contributed by atoms with Crippen LogP contribution in [0.15, 0.2) is 21.8 Å². The first-order valence-electron chi connectivity index (χ1n) is 4.84. The van der Waals surface area contributed by atoms with E-state index in [1.54, 1.807) is 0 Å². The quantitative estimate of drug-likeness (QED) is 0.603. The number of rotatable bonds is 2. The van der Waals surface area contributed by atoms with Gasteiger partial charge in [-0.25, -0.2) is 0 Å². The van der Waals surface area contributed by atoms with Crippen LogP contribution >= 0.6 is 34.8 Å². The lowest BCUT2D eigenvalue weighted by Crippen LogP contribution is -2.42. The zero-order valence-electron chi connectivity index (χ0n) is 7.79. The van der Waals surface area contributed by atoms with Gasteiger partial charge in [-0.1, -0.05) is 18.2 Å². The fraction of sp³-hybridized carbons (Fsp3) is 0.500. The van der Waals surface area contributed by atoms with Crippen molar-refractivity contribution in [2.75, 3.05) is 0 Å². The van der Waals surface area contributed by atoms with Crippen LogP contribution in [0.25, 0.3) is 0 Å². The molecule has 2 rings (SSSR count). The average Bonchev–Trinajstić information content (AvgIpc) is 2.87. The van der Waals surface area contributed by atoms with E-state index in [1.807, 2.05) is 0 Å². The fourth-order valence-electron chi connectivity index (χ4n) is 1.36. The molecule has 4 heteroatoms. The second kappa shape index (κ2) is 4.61. The van der Waals surface area contributed by atoms with Gasteiger partial charge < -0.3 is 10.6 Å². The molecule has 0 bridgehead atoms. The van der Waals surface area contributed by atoms with Crippen molar-refractivity contribution in [3.8, 4) is 0 Å². The number of nitrogens with one attached hydrogen (secondary N) is 2. The molecule has 1 fully saturated rings. The van der Waals surface area contributed by atoms with Gasteiger partial charge in [0.05, 0.1) is 6.04 Å². The van der Waals surface area contributed by atoms with Gasteiger partial charge >= 0.3 is 0 Å². The first-order chi connectivity index (χ1) is 6.74. The number of halogens is 1. The standard InChI is InChI=1S/C10H13IN2S/c11-7-2-1-3-9(6-7)13-10(14)12-8-4-5-8/h1-3,8-9H,4-6H2,(H2,12,13,14). The molecule has 1 saturated carbocycles. The summed E-state index contributed by atoms with van der Waals surface area (Å²) in [6.07, 6.45) is 9.95. The predicted octanol–water partition coefficient (Wildman–Crippen LogP) is 2.26. The zero-order valence-corrected chi connectivity index (χ0v) is 10.8. The van der Waals surface area contributed by atoms with Crippen LogP contribution in [0.1, 0.15) is 19.3 Å². The van der Waals surface area contributed by atoms with Crippen molar-refractivity contribution in [3.05, 3.63) is 21.8 Å². The molecule has 0 saturated heterocycles. The summed E-state index contributed by atoms with van der Waals surface area (Å²) in [5, 5.41) is 7.39. The van der Waals surface area contributed by atoms with Crippen LogP contribution in [0.2, 0.25) is 0 Å². The average molecular weight is 320 g/mol. The Kier molecular flexibility index (Phi) is 3.43. The van der Waals surface area contributed by atoms with Crippen LogP contribution in [0.5, 0.6) is 0 Å². The number of allylic oxidation sites excluding steroid dienone is 2. The maximum absolute atomic E-state index is 5.21. The van der Waals surface area contributed by atoms with E-state index < -0.39 is 0 Å². The minimum atomic E-state index is 0.366. The van der Waals surface area contributed by atoms with E-state index in [0.29, 0.717) is 12.1 Å². The summed E-state index contributed by atoms with van der Waals surface area (Å²) in [7, 11) is 0. The second-order valence-electron chi connectivity index (χ2n) is 3.70. The molecule has 0 radical (unpaired) electrons. The molecule has 2 N–H and O–H groups in total. The molecular formula is C10H13IN2S. The normalized spacial score (nSPS) is 25.5. The number of hydrogen-bond acceptors (Lipinski definition) is 1. The van der Waals surface area contributed by atoms with Crippen molar-refractivity contribution in [1.29, 1.82) is 0 Å². The third kappa shape index (κ3) is 3.24. The summed E-state index contributed by atoms with van der Waals surface area (Å²) in [6, 6.07) is 1.00. The van der Waals surface area contributed by atoms with Crippen LogP contribution < -0.4 is 10.6 Å². The van der Waals surface area contributed by atoms with Gasteiger partial charge in [0.15, 0.2) is 5.11 Å². The molecule has 2 nitrogen and oxygen atoms in total. The highest BCUT2D eigenvalue weighted by molar-refractivity contribution is 14.1. The van der Waals surface area contributed by atoms with E-state index in [2.05, 4.69) is 51.5 Å². The summed E-state index contributed by atoms with van der Waals surface area (Å²) in [5.41, 5.74) is 0. The van der Waals surface area contributed by atoms with Gasteiger partial charge in [0.2, 0.25) is 0 Å². The van der Waals surface area contributed by atoms with Crippen LogP contribution in [0.3, 0.4) is 0 Å². The van der Waals surface area contributed by atoms with Gasteiger partial charge in [-0.15, -0.1) is 0 Å². The molecule has 0 aromatic heterocycles. The first kappa shape index (κ1) is 10.4. The van der Waals surface area contributed by atoms with Crippen molar-refractivity contribution in [2.45, 2.75) is 31.3 Å². The maximum atomic E-state index is 5.21. The molecule has 0 amide bonds. The van der Waals surface area contributed by atoms with Gasteiger partial charge in [-0.2, -0.15) is 0 Å². The van der Waals surface area contributed by atoms with E-state index in [9.17, 15) is 0 Å². The number of hydrogen-bond donors (Lipinski definition) is 2. The number of thiocarbonyl (C=S) groups is 1. The first-order valence-corrected chi connectivity index (χ1v) is 6.32. The van der Waals surface area contributed by atoms with Crippen LogP contribution in [0, 0.1) is 0 Å². The molecule has 0 spiro atoms. The summed E-state index contributed by atoms with van der Waals surface area (Å²) < 4.78 is 1.37. The van der Waals surface area contributed by atoms with Crippen molar-refractivity contribution in [2.24, 2.45) is 0 Å². The van der Waals surface area contributed by atoms with Gasteiger partial charge in [-0.05, 0) is 51.2 Å². The predicted molar refractivity (Wildman–Crippen MR) is 71.5 cm³/mol. The Bertz CT molecular complexity index is 294. The van der Waals surface area contributed by atoms with Gasteiger partial charge in [0.25, 0.3) is 0 Å². The van der Waals surface area contributed by atoms with E-state index in [0.717, 1.165) is 11.5 Å². The minimum absolute atomic E-state index is 0.366. The maximum Gasteiger partial charge on any atom is 0.166 e. The third-order valence-electron chi connectivity index (χ3n) is 2.26. The molecule has 1 unspecified atom stereocenters. The van der Waals surface area contributed by atoms with Crippen molar-refractivity contribution < 1.29 is 0 Å². The van der Waals surface area contributed by atoms with Crippen molar-refractivity contribution >= 4 is 39.9 Å². The highest BCUT2D eigenvalue weighted by atomic mass is 127. The van der Waals surface area contributed by atoms with Gasteiger partial charge in [0, 0.05) is 12.5 Å². The monoisotopic (exact) mass is 320 g/mol. The molecule has 2 aliphatic carbocycles. The molecule has 0 aromatic rings. The molecule has 1 atom stereocenters. The SMILES string of the molecule is S=C(NC1C=CC=C(I)C1)NC1CC1. The van der Waals surface area contributed by atoms with Gasteiger partial charge in [0.1, 0.15) is 0 Å². The van der Waals surface area contributed by atoms with Gasteiger partial charge in [-0.3, -0.25) is 0 Å². The Morgan fingerprint density at radius 2 is 2.21 bits per heavy atom. The molecule has 2 aliphatic rings. The van der Waals surface area contributed by atoms with Crippen molar-refractivity contribution in [1.82, 2.24) is 10.6 Å². The minimum Gasteiger partial charge on any atom is -0.360 e. The molecule has 0 aliphatic heterocycles. The third-order valence-corrected chi connectivity index (χ3v) is 3.30. The Hall–Kier alpha value is -0.100. The topological polar surface area (TPSA) is 24.1 Å². The van der Waals surface area contributed by atoms with Crippen LogP contribution in [0.4, 0.5) is 0 Å². The Morgan fingerprint density at radius 1 is 1.43 bits per heavy atom. The molecule has 76 valence electrons. The molecular weight excluding hydrogens is 307 g/mol. The van der Waals surface area contributed by atoms with Crippen molar-refractivity contribution in [3.63, 3.8) is 0 Å². The highest BCUT2D eigenvalue weighted by Gasteiger charge is 2.22. The Balaban J connectivity index is 1.76. The molecule has 14 heavy (non-hydrogen) atoms. The lowest BCUT2D eigenvalue weighted by Gasteiger charge is -2.19. The summed E-state index contributed by atoms with van der Waals surface area (Å²) in [4.78, 5) is 0. The molecule has 0 heterocycles. The summed E-state index contributed by atoms with van der Waals surface area (Å²) in [5.74, 6) is 0. The summed E-state index contributed by atoms with van der Waals surface area (Å²) in [6.45, 7) is 0. The smallest absolute Gasteiger partial charge is 0.166 e. The Morgan fingerprint density at radius 3 is 2.86 bits per heavy atom. The summed E-state index contributed by atoms with van der Waals surface area (Å²) >= 11 is 7.57. The largest absolute Gasteiger partial charge is 0.360 e. The highest BCUT2D eigenvalue weighted by Crippen LogP contribution is 2.20. The van der Waals surface area contributed by atoms with Crippen LogP contribution in [-0.4, -0.2) is 17.2 Å². The van der Waals surface area contributed by atoms with E-state index >= 15 is 0 Å². The van der Waals surface area contributed by atoms with E-state index in [1.165, 1.54) is 16.4 Å². The lowest BCUT2D eigenvalue weighted by atomic mass is 10.1. The zero-order chi connectivity index (χ0) is 9.97. The molecule has 0 aromatic carbocycles. The fourth-order valence-corrected chi connectivity index (χ4v) is 2.36. The van der Waals surface area contributed by atoms with Crippen LogP contribution in [-0.2, 0) is 0 Å². The Labute approximate surface area is 103 Å². The van der Waals surface area contributed by atoms with E-state index in [4.69, 9.17) is 12.2 Å².